The van der Waals surface area contributed by atoms with Crippen molar-refractivity contribution in [2.24, 2.45) is 4.99 Å². The molecule has 0 spiro atoms. The second kappa shape index (κ2) is 4.77. The van der Waals surface area contributed by atoms with E-state index in [4.69, 9.17) is 4.99 Å². The van der Waals surface area contributed by atoms with Gasteiger partial charge in [0.05, 0.1) is 5.54 Å². The van der Waals surface area contributed by atoms with Crippen molar-refractivity contribution >= 4 is 16.9 Å². The Labute approximate surface area is 98.3 Å². The van der Waals surface area contributed by atoms with Gasteiger partial charge >= 0.3 is 0 Å². The van der Waals surface area contributed by atoms with E-state index in [1.54, 1.807) is 0 Å². The van der Waals surface area contributed by atoms with Crippen LogP contribution < -0.4 is 5.32 Å². The van der Waals surface area contributed by atoms with Crippen molar-refractivity contribution in [2.45, 2.75) is 65.0 Å². The fraction of sp³-hybridized carbons (Fsp3) is 0.917. The molecule has 3 heteroatoms. The van der Waals surface area contributed by atoms with Gasteiger partial charge in [-0.05, 0) is 33.6 Å². The fourth-order valence-corrected chi connectivity index (χ4v) is 3.11. The predicted molar refractivity (Wildman–Crippen MR) is 70.7 cm³/mol. The molecule has 0 aromatic rings. The summed E-state index contributed by atoms with van der Waals surface area (Å²) in [6, 6.07) is 0. The molecule has 0 fully saturated rings. The molecular weight excluding hydrogens is 204 g/mol. The zero-order valence-corrected chi connectivity index (χ0v) is 11.5. The Kier molecular flexibility index (Phi) is 4.10. The Bertz CT molecular complexity index is 248. The van der Waals surface area contributed by atoms with Crippen molar-refractivity contribution in [1.82, 2.24) is 5.32 Å². The van der Waals surface area contributed by atoms with Crippen LogP contribution >= 0.6 is 11.8 Å². The molecule has 1 unspecified atom stereocenters. The molecule has 1 rings (SSSR count). The molecule has 0 saturated carbocycles. The van der Waals surface area contributed by atoms with Crippen LogP contribution in [-0.2, 0) is 0 Å². The van der Waals surface area contributed by atoms with Crippen molar-refractivity contribution in [3.05, 3.63) is 0 Å². The quantitative estimate of drug-likeness (QED) is 0.797. The average molecular weight is 228 g/mol. The van der Waals surface area contributed by atoms with Gasteiger partial charge in [-0.3, -0.25) is 4.99 Å². The highest BCUT2D eigenvalue weighted by Gasteiger charge is 2.30. The summed E-state index contributed by atoms with van der Waals surface area (Å²) in [5, 5.41) is 4.70. The van der Waals surface area contributed by atoms with Gasteiger partial charge in [0.25, 0.3) is 0 Å². The van der Waals surface area contributed by atoms with Crippen LogP contribution in [-0.4, -0.2) is 22.0 Å². The molecule has 1 aliphatic heterocycles. The van der Waals surface area contributed by atoms with Crippen LogP contribution in [0.15, 0.2) is 4.99 Å². The standard InChI is InChI=1S/C12H24N2S/c1-6-8-11(3,4)13-10-14-12(5,7-2)9-15-10/h6-9H2,1-5H3,(H,13,14). The molecule has 1 atom stereocenters. The minimum absolute atomic E-state index is 0.162. The first-order valence-corrected chi connectivity index (χ1v) is 6.90. The number of nitrogens with zero attached hydrogens (tertiary/aromatic N) is 1. The second-order valence-electron chi connectivity index (χ2n) is 5.32. The number of nitrogens with one attached hydrogen (secondary N) is 1. The molecule has 0 bridgehead atoms. The fourth-order valence-electron chi connectivity index (χ4n) is 1.76. The molecule has 0 aromatic carbocycles. The molecule has 1 aliphatic rings. The third-order valence-corrected chi connectivity index (χ3v) is 4.21. The Balaban J connectivity index is 2.57. The molecule has 2 nitrogen and oxygen atoms in total. The third kappa shape index (κ3) is 3.71. The Hall–Kier alpha value is -0.180. The normalized spacial score (nSPS) is 26.6. The molecule has 1 heterocycles. The highest BCUT2D eigenvalue weighted by atomic mass is 32.2. The molecule has 0 aliphatic carbocycles. The largest absolute Gasteiger partial charge is 0.360 e. The molecule has 1 N–H and O–H groups in total. The molecule has 88 valence electrons. The number of rotatable bonds is 4. The molecule has 0 aromatic heterocycles. The summed E-state index contributed by atoms with van der Waals surface area (Å²) in [6.45, 7) is 11.2. The van der Waals surface area contributed by atoms with Gasteiger partial charge in [-0.15, -0.1) is 0 Å². The summed E-state index contributed by atoms with van der Waals surface area (Å²) in [4.78, 5) is 4.77. The maximum atomic E-state index is 4.77. The van der Waals surface area contributed by atoms with Gasteiger partial charge in [0.1, 0.15) is 0 Å². The lowest BCUT2D eigenvalue weighted by Crippen LogP contribution is -2.41. The van der Waals surface area contributed by atoms with Crippen LogP contribution in [0, 0.1) is 0 Å². The zero-order valence-electron chi connectivity index (χ0n) is 10.7. The minimum Gasteiger partial charge on any atom is -0.360 e. The lowest BCUT2D eigenvalue weighted by molar-refractivity contribution is 0.420. The lowest BCUT2D eigenvalue weighted by atomic mass is 9.99. The summed E-state index contributed by atoms with van der Waals surface area (Å²) in [7, 11) is 0. The van der Waals surface area contributed by atoms with E-state index >= 15 is 0 Å². The van der Waals surface area contributed by atoms with Gasteiger partial charge in [0.2, 0.25) is 0 Å². The average Bonchev–Trinajstić information content (AvgIpc) is 2.47. The Morgan fingerprint density at radius 3 is 2.60 bits per heavy atom. The lowest BCUT2D eigenvalue weighted by Gasteiger charge is -2.26. The summed E-state index contributed by atoms with van der Waals surface area (Å²) in [5.74, 6) is 1.12. The van der Waals surface area contributed by atoms with E-state index in [1.807, 2.05) is 11.8 Å². The van der Waals surface area contributed by atoms with E-state index < -0.39 is 0 Å². The topological polar surface area (TPSA) is 24.4 Å². The molecule has 15 heavy (non-hydrogen) atoms. The number of thioether (sulfide) groups is 1. The van der Waals surface area contributed by atoms with E-state index in [1.165, 1.54) is 12.8 Å². The summed E-state index contributed by atoms with van der Waals surface area (Å²) in [5.41, 5.74) is 0.342. The van der Waals surface area contributed by atoms with Crippen LogP contribution in [0.4, 0.5) is 0 Å². The number of hydrogen-bond donors (Lipinski definition) is 1. The molecular formula is C12H24N2S. The summed E-state index contributed by atoms with van der Waals surface area (Å²) < 4.78 is 0. The van der Waals surface area contributed by atoms with Gasteiger partial charge in [-0.1, -0.05) is 32.0 Å². The zero-order chi connectivity index (χ0) is 11.5. The molecule has 0 saturated heterocycles. The summed E-state index contributed by atoms with van der Waals surface area (Å²) in [6.07, 6.45) is 3.53. The SMILES string of the molecule is CCCC(C)(C)NC1=NC(C)(CC)CS1. The van der Waals surface area contributed by atoms with Gasteiger partial charge in [-0.25, -0.2) is 0 Å². The molecule has 0 radical (unpaired) electrons. The Morgan fingerprint density at radius 1 is 1.47 bits per heavy atom. The van der Waals surface area contributed by atoms with E-state index in [0.29, 0.717) is 0 Å². The van der Waals surface area contributed by atoms with Gasteiger partial charge in [0.15, 0.2) is 5.17 Å². The van der Waals surface area contributed by atoms with Crippen LogP contribution in [0.5, 0.6) is 0 Å². The van der Waals surface area contributed by atoms with Crippen molar-refractivity contribution in [3.8, 4) is 0 Å². The van der Waals surface area contributed by atoms with E-state index in [0.717, 1.165) is 17.3 Å². The van der Waals surface area contributed by atoms with Crippen molar-refractivity contribution in [1.29, 1.82) is 0 Å². The maximum absolute atomic E-state index is 4.77. The van der Waals surface area contributed by atoms with Crippen LogP contribution in [0.1, 0.15) is 53.9 Å². The predicted octanol–water partition coefficient (Wildman–Crippen LogP) is 3.43. The van der Waals surface area contributed by atoms with Crippen molar-refractivity contribution in [2.75, 3.05) is 5.75 Å². The van der Waals surface area contributed by atoms with E-state index in [9.17, 15) is 0 Å². The molecule has 0 amide bonds. The number of hydrogen-bond acceptors (Lipinski definition) is 3. The highest BCUT2D eigenvalue weighted by Crippen LogP contribution is 2.30. The Morgan fingerprint density at radius 2 is 2.13 bits per heavy atom. The smallest absolute Gasteiger partial charge is 0.157 e. The van der Waals surface area contributed by atoms with Crippen LogP contribution in [0.25, 0.3) is 0 Å². The van der Waals surface area contributed by atoms with E-state index in [2.05, 4.69) is 39.9 Å². The van der Waals surface area contributed by atoms with Gasteiger partial charge in [0, 0.05) is 11.3 Å². The first-order valence-electron chi connectivity index (χ1n) is 5.91. The first-order chi connectivity index (χ1) is 6.91. The van der Waals surface area contributed by atoms with Gasteiger partial charge < -0.3 is 5.32 Å². The minimum atomic E-state index is 0.162. The first kappa shape index (κ1) is 12.9. The van der Waals surface area contributed by atoms with Crippen LogP contribution in [0.3, 0.4) is 0 Å². The van der Waals surface area contributed by atoms with E-state index in [-0.39, 0.29) is 11.1 Å². The summed E-state index contributed by atoms with van der Waals surface area (Å²) >= 11 is 1.87. The third-order valence-electron chi connectivity index (χ3n) is 2.97. The second-order valence-corrected chi connectivity index (χ2v) is 6.28. The monoisotopic (exact) mass is 228 g/mol. The maximum Gasteiger partial charge on any atom is 0.157 e. The van der Waals surface area contributed by atoms with Crippen LogP contribution in [0.2, 0.25) is 0 Å². The van der Waals surface area contributed by atoms with Crippen molar-refractivity contribution in [3.63, 3.8) is 0 Å². The number of amidine groups is 1. The highest BCUT2D eigenvalue weighted by molar-refractivity contribution is 8.14. The van der Waals surface area contributed by atoms with Crippen molar-refractivity contribution < 1.29 is 0 Å². The number of aliphatic imine (C=N–C) groups is 1. The van der Waals surface area contributed by atoms with Gasteiger partial charge in [-0.2, -0.15) is 0 Å².